The number of nitrogens with one attached hydrogen (secondary N) is 1. The van der Waals surface area contributed by atoms with Crippen LogP contribution in [0.3, 0.4) is 0 Å². The molecule has 0 aliphatic rings. The lowest BCUT2D eigenvalue weighted by atomic mass is 10.1. The SMILES string of the molecule is Cc1cc(OCc2ccc(C(=N)N)cc2F)ccc1F. The molecule has 2 rings (SSSR count). The van der Waals surface area contributed by atoms with Crippen molar-refractivity contribution in [1.29, 1.82) is 5.41 Å². The number of amidine groups is 1. The van der Waals surface area contributed by atoms with E-state index >= 15 is 0 Å². The smallest absolute Gasteiger partial charge is 0.130 e. The van der Waals surface area contributed by atoms with E-state index in [2.05, 4.69) is 0 Å². The van der Waals surface area contributed by atoms with E-state index in [-0.39, 0.29) is 18.3 Å². The number of aryl methyl sites for hydroxylation is 1. The highest BCUT2D eigenvalue weighted by atomic mass is 19.1. The number of benzene rings is 2. The average molecular weight is 276 g/mol. The normalized spacial score (nSPS) is 10.3. The van der Waals surface area contributed by atoms with E-state index in [4.69, 9.17) is 15.9 Å². The van der Waals surface area contributed by atoms with Gasteiger partial charge in [0.15, 0.2) is 0 Å². The minimum Gasteiger partial charge on any atom is -0.489 e. The quantitative estimate of drug-likeness (QED) is 0.665. The Hall–Kier alpha value is -2.43. The predicted molar refractivity (Wildman–Crippen MR) is 72.9 cm³/mol. The van der Waals surface area contributed by atoms with E-state index in [1.807, 2.05) is 0 Å². The Morgan fingerprint density at radius 3 is 2.50 bits per heavy atom. The molecule has 0 aromatic heterocycles. The molecular weight excluding hydrogens is 262 g/mol. The Morgan fingerprint density at radius 1 is 1.15 bits per heavy atom. The van der Waals surface area contributed by atoms with Gasteiger partial charge in [-0.05, 0) is 36.8 Å². The maximum atomic E-state index is 13.8. The zero-order chi connectivity index (χ0) is 14.7. The van der Waals surface area contributed by atoms with E-state index in [9.17, 15) is 8.78 Å². The standard InChI is InChI=1S/C15H14F2N2O/c1-9-6-12(4-5-13(9)16)20-8-11-3-2-10(15(18)19)7-14(11)17/h2-7H,8H2,1H3,(H3,18,19). The van der Waals surface area contributed by atoms with Crippen molar-refractivity contribution in [1.82, 2.24) is 0 Å². The molecule has 0 saturated heterocycles. The van der Waals surface area contributed by atoms with Crippen LogP contribution in [-0.4, -0.2) is 5.84 Å². The maximum absolute atomic E-state index is 13.8. The van der Waals surface area contributed by atoms with Gasteiger partial charge in [0.25, 0.3) is 0 Å². The number of nitrogen functional groups attached to an aromatic ring is 1. The largest absolute Gasteiger partial charge is 0.489 e. The molecule has 2 aromatic carbocycles. The summed E-state index contributed by atoms with van der Waals surface area (Å²) >= 11 is 0. The Kier molecular flexibility index (Phi) is 3.98. The minimum atomic E-state index is -0.489. The lowest BCUT2D eigenvalue weighted by Crippen LogP contribution is -2.12. The molecule has 104 valence electrons. The van der Waals surface area contributed by atoms with Crippen molar-refractivity contribution in [3.05, 3.63) is 64.7 Å². The first-order chi connectivity index (χ1) is 9.47. The summed E-state index contributed by atoms with van der Waals surface area (Å²) in [5.41, 5.74) is 6.41. The van der Waals surface area contributed by atoms with Gasteiger partial charge >= 0.3 is 0 Å². The summed E-state index contributed by atoms with van der Waals surface area (Å²) in [6, 6.07) is 8.61. The number of nitrogens with two attached hydrogens (primary N) is 1. The second-order valence-electron chi connectivity index (χ2n) is 4.42. The van der Waals surface area contributed by atoms with Gasteiger partial charge in [0.1, 0.15) is 29.8 Å². The van der Waals surface area contributed by atoms with Crippen molar-refractivity contribution in [3.8, 4) is 5.75 Å². The monoisotopic (exact) mass is 276 g/mol. The van der Waals surface area contributed by atoms with E-state index in [1.165, 1.54) is 24.3 Å². The fourth-order valence-electron chi connectivity index (χ4n) is 1.70. The van der Waals surface area contributed by atoms with Gasteiger partial charge in [-0.2, -0.15) is 0 Å². The summed E-state index contributed by atoms with van der Waals surface area (Å²) in [5, 5.41) is 7.23. The minimum absolute atomic E-state index is 0.0229. The maximum Gasteiger partial charge on any atom is 0.130 e. The fourth-order valence-corrected chi connectivity index (χ4v) is 1.70. The van der Waals surface area contributed by atoms with Gasteiger partial charge in [-0.1, -0.05) is 12.1 Å². The van der Waals surface area contributed by atoms with Crippen molar-refractivity contribution < 1.29 is 13.5 Å². The highest BCUT2D eigenvalue weighted by Gasteiger charge is 2.07. The first-order valence-corrected chi connectivity index (χ1v) is 5.99. The average Bonchev–Trinajstić information content (AvgIpc) is 2.41. The predicted octanol–water partition coefficient (Wildman–Crippen LogP) is 3.14. The first kappa shape index (κ1) is 14.0. The van der Waals surface area contributed by atoms with Crippen LogP contribution < -0.4 is 10.5 Å². The topological polar surface area (TPSA) is 59.1 Å². The number of hydrogen-bond acceptors (Lipinski definition) is 2. The Balaban J connectivity index is 2.10. The summed E-state index contributed by atoms with van der Waals surface area (Å²) in [5.74, 6) is -0.518. The molecule has 0 spiro atoms. The molecule has 0 saturated carbocycles. The van der Waals surface area contributed by atoms with E-state index in [1.54, 1.807) is 19.1 Å². The molecule has 0 bridgehead atoms. The number of rotatable bonds is 4. The van der Waals surface area contributed by atoms with Crippen LogP contribution in [0.4, 0.5) is 8.78 Å². The van der Waals surface area contributed by atoms with Crippen molar-refractivity contribution >= 4 is 5.84 Å². The summed E-state index contributed by atoms with van der Waals surface area (Å²) in [6.07, 6.45) is 0. The molecule has 3 N–H and O–H groups in total. The van der Waals surface area contributed by atoms with Crippen LogP contribution in [0.2, 0.25) is 0 Å². The molecule has 0 amide bonds. The van der Waals surface area contributed by atoms with Gasteiger partial charge < -0.3 is 10.5 Å². The van der Waals surface area contributed by atoms with Gasteiger partial charge in [0, 0.05) is 11.1 Å². The van der Waals surface area contributed by atoms with Gasteiger partial charge in [0.05, 0.1) is 0 Å². The third-order valence-electron chi connectivity index (χ3n) is 2.89. The molecule has 5 heteroatoms. The van der Waals surface area contributed by atoms with Crippen LogP contribution >= 0.6 is 0 Å². The summed E-state index contributed by atoms with van der Waals surface area (Å²) in [4.78, 5) is 0. The summed E-state index contributed by atoms with van der Waals surface area (Å²) < 4.78 is 32.3. The van der Waals surface area contributed by atoms with Crippen LogP contribution in [0.25, 0.3) is 0 Å². The number of ether oxygens (including phenoxy) is 1. The molecular formula is C15H14F2N2O. The van der Waals surface area contributed by atoms with Gasteiger partial charge in [0.2, 0.25) is 0 Å². The van der Waals surface area contributed by atoms with Crippen LogP contribution in [0.15, 0.2) is 36.4 Å². The first-order valence-electron chi connectivity index (χ1n) is 5.99. The van der Waals surface area contributed by atoms with Crippen LogP contribution in [0.5, 0.6) is 5.75 Å². The summed E-state index contributed by atoms with van der Waals surface area (Å²) in [7, 11) is 0. The van der Waals surface area contributed by atoms with Gasteiger partial charge in [-0.15, -0.1) is 0 Å². The second kappa shape index (κ2) is 5.69. The molecule has 0 unspecified atom stereocenters. The van der Waals surface area contributed by atoms with Crippen LogP contribution in [0.1, 0.15) is 16.7 Å². The third kappa shape index (κ3) is 3.12. The molecule has 0 fully saturated rings. The fraction of sp³-hybridized carbons (Fsp3) is 0.133. The van der Waals surface area contributed by atoms with Crippen molar-refractivity contribution in [2.75, 3.05) is 0 Å². The zero-order valence-electron chi connectivity index (χ0n) is 10.9. The van der Waals surface area contributed by atoms with E-state index in [0.717, 1.165) is 0 Å². The van der Waals surface area contributed by atoms with Crippen LogP contribution in [-0.2, 0) is 6.61 Å². The van der Waals surface area contributed by atoms with Crippen LogP contribution in [0, 0.1) is 24.0 Å². The van der Waals surface area contributed by atoms with E-state index in [0.29, 0.717) is 22.4 Å². The molecule has 2 aromatic rings. The zero-order valence-corrected chi connectivity index (χ0v) is 10.9. The van der Waals surface area contributed by atoms with Crippen molar-refractivity contribution in [2.24, 2.45) is 5.73 Å². The molecule has 0 atom stereocenters. The van der Waals surface area contributed by atoms with Crippen molar-refractivity contribution in [2.45, 2.75) is 13.5 Å². The highest BCUT2D eigenvalue weighted by Crippen LogP contribution is 2.18. The Bertz CT molecular complexity index is 656. The Labute approximate surface area is 115 Å². The molecule has 0 aliphatic carbocycles. The van der Waals surface area contributed by atoms with Gasteiger partial charge in [-0.25, -0.2) is 8.78 Å². The number of hydrogen-bond donors (Lipinski definition) is 2. The van der Waals surface area contributed by atoms with Gasteiger partial charge in [-0.3, -0.25) is 5.41 Å². The molecule has 0 radical (unpaired) electrons. The third-order valence-corrected chi connectivity index (χ3v) is 2.89. The lowest BCUT2D eigenvalue weighted by molar-refractivity contribution is 0.299. The molecule has 20 heavy (non-hydrogen) atoms. The molecule has 0 aliphatic heterocycles. The molecule has 0 heterocycles. The van der Waals surface area contributed by atoms with E-state index < -0.39 is 5.82 Å². The highest BCUT2D eigenvalue weighted by molar-refractivity contribution is 5.94. The number of halogens is 2. The molecule has 3 nitrogen and oxygen atoms in total. The van der Waals surface area contributed by atoms with Crippen molar-refractivity contribution in [3.63, 3.8) is 0 Å². The lowest BCUT2D eigenvalue weighted by Gasteiger charge is -2.09. The summed E-state index contributed by atoms with van der Waals surface area (Å²) in [6.45, 7) is 1.65. The second-order valence-corrected chi connectivity index (χ2v) is 4.42. The Morgan fingerprint density at radius 2 is 1.90 bits per heavy atom.